The monoisotopic (exact) mass is 378 g/mol. The van der Waals surface area contributed by atoms with Crippen molar-refractivity contribution in [2.45, 2.75) is 0 Å². The normalized spacial score (nSPS) is 9.96. The molecule has 2 aromatic rings. The van der Waals surface area contributed by atoms with Crippen molar-refractivity contribution in [2.24, 2.45) is 0 Å². The molecule has 0 saturated heterocycles. The lowest BCUT2D eigenvalue weighted by molar-refractivity contribution is 0.0600. The average Bonchev–Trinajstić information content (AvgIpc) is 2.66. The van der Waals surface area contributed by atoms with Gasteiger partial charge >= 0.3 is 12.0 Å². The van der Waals surface area contributed by atoms with Crippen LogP contribution in [-0.2, 0) is 4.74 Å². The molecule has 0 aliphatic rings. The third kappa shape index (κ3) is 5.56. The fourth-order valence-electron chi connectivity index (χ4n) is 2.04. The number of nitrogens with one attached hydrogen (secondary N) is 2. The summed E-state index contributed by atoms with van der Waals surface area (Å²) in [6.45, 7) is 0.571. The number of amides is 2. The number of esters is 1. The zero-order valence-corrected chi connectivity index (χ0v) is 15.1. The van der Waals surface area contributed by atoms with Crippen molar-refractivity contribution in [2.75, 3.05) is 32.7 Å². The molecule has 0 aromatic heterocycles. The molecule has 0 heterocycles. The molecule has 0 aliphatic heterocycles. The predicted molar refractivity (Wildman–Crippen MR) is 98.3 cm³/mol. The number of methoxy groups -OCH3 is 2. The number of halogens is 1. The van der Waals surface area contributed by atoms with Crippen LogP contribution in [0, 0.1) is 0 Å². The molecule has 0 fully saturated rings. The molecular weight excluding hydrogens is 360 g/mol. The summed E-state index contributed by atoms with van der Waals surface area (Å²) in [7, 11) is 2.87. The third-order valence-corrected chi connectivity index (χ3v) is 3.68. The summed E-state index contributed by atoms with van der Waals surface area (Å²) in [4.78, 5) is 23.5. The Bertz CT molecular complexity index is 765. The van der Waals surface area contributed by atoms with Gasteiger partial charge in [0.25, 0.3) is 0 Å². The second-order valence-electron chi connectivity index (χ2n) is 5.09. The number of ether oxygens (including phenoxy) is 3. The zero-order valence-electron chi connectivity index (χ0n) is 14.4. The molecule has 0 saturated carbocycles. The second-order valence-corrected chi connectivity index (χ2v) is 5.50. The van der Waals surface area contributed by atoms with E-state index in [1.54, 1.807) is 31.4 Å². The summed E-state index contributed by atoms with van der Waals surface area (Å²) in [5.41, 5.74) is 0.596. The van der Waals surface area contributed by atoms with Crippen LogP contribution >= 0.6 is 11.6 Å². The van der Waals surface area contributed by atoms with Crippen LogP contribution in [0.4, 0.5) is 10.5 Å². The van der Waals surface area contributed by atoms with E-state index in [1.165, 1.54) is 25.3 Å². The van der Waals surface area contributed by atoms with Crippen molar-refractivity contribution in [3.05, 3.63) is 53.1 Å². The van der Waals surface area contributed by atoms with Gasteiger partial charge in [-0.1, -0.05) is 11.6 Å². The number of carbonyl (C=O) groups is 2. The van der Waals surface area contributed by atoms with Crippen LogP contribution in [0.1, 0.15) is 10.4 Å². The zero-order chi connectivity index (χ0) is 18.9. The van der Waals surface area contributed by atoms with E-state index in [4.69, 9.17) is 21.1 Å². The smallest absolute Gasteiger partial charge is 0.337 e. The Morgan fingerprint density at radius 3 is 2.38 bits per heavy atom. The summed E-state index contributed by atoms with van der Waals surface area (Å²) < 4.78 is 15.2. The maximum Gasteiger partial charge on any atom is 0.337 e. The molecule has 0 bridgehead atoms. The number of anilines is 1. The summed E-state index contributed by atoms with van der Waals surface area (Å²) in [6, 6.07) is 11.1. The third-order valence-electron chi connectivity index (χ3n) is 3.35. The highest BCUT2D eigenvalue weighted by molar-refractivity contribution is 6.33. The van der Waals surface area contributed by atoms with Crippen LogP contribution in [-0.4, -0.2) is 39.4 Å². The Kier molecular flexibility index (Phi) is 7.11. The second kappa shape index (κ2) is 9.53. The van der Waals surface area contributed by atoms with Gasteiger partial charge in [-0.2, -0.15) is 0 Å². The van der Waals surface area contributed by atoms with Crippen molar-refractivity contribution < 1.29 is 23.8 Å². The molecule has 0 aliphatic carbocycles. The molecule has 138 valence electrons. The van der Waals surface area contributed by atoms with Crippen LogP contribution in [0.25, 0.3) is 0 Å². The van der Waals surface area contributed by atoms with Gasteiger partial charge in [0.15, 0.2) is 0 Å². The first-order valence-corrected chi connectivity index (χ1v) is 8.11. The fourth-order valence-corrected chi connectivity index (χ4v) is 2.20. The fraction of sp³-hybridized carbons (Fsp3) is 0.222. The number of hydrogen-bond donors (Lipinski definition) is 2. The van der Waals surface area contributed by atoms with Crippen molar-refractivity contribution >= 4 is 29.3 Å². The highest BCUT2D eigenvalue weighted by atomic mass is 35.5. The lowest BCUT2D eigenvalue weighted by Gasteiger charge is -2.11. The van der Waals surface area contributed by atoms with E-state index in [0.29, 0.717) is 16.5 Å². The molecule has 26 heavy (non-hydrogen) atoms. The Morgan fingerprint density at radius 2 is 1.73 bits per heavy atom. The number of hydrogen-bond acceptors (Lipinski definition) is 5. The summed E-state index contributed by atoms with van der Waals surface area (Å²) in [5, 5.41) is 5.53. The number of benzene rings is 2. The van der Waals surface area contributed by atoms with Gasteiger partial charge in [-0.3, -0.25) is 0 Å². The van der Waals surface area contributed by atoms with E-state index in [9.17, 15) is 9.59 Å². The van der Waals surface area contributed by atoms with Gasteiger partial charge in [0.05, 0.1) is 37.0 Å². The lowest BCUT2D eigenvalue weighted by Crippen LogP contribution is -2.32. The Hall–Kier alpha value is -2.93. The maximum atomic E-state index is 11.9. The molecule has 0 atom stereocenters. The number of rotatable bonds is 7. The minimum Gasteiger partial charge on any atom is -0.497 e. The predicted octanol–water partition coefficient (Wildman–Crippen LogP) is 3.34. The van der Waals surface area contributed by atoms with E-state index in [0.717, 1.165) is 5.75 Å². The quantitative estimate of drug-likeness (QED) is 0.570. The largest absolute Gasteiger partial charge is 0.497 e. The van der Waals surface area contributed by atoms with Gasteiger partial charge in [-0.25, -0.2) is 9.59 Å². The summed E-state index contributed by atoms with van der Waals surface area (Å²) >= 11 is 6.02. The molecule has 7 nitrogen and oxygen atoms in total. The van der Waals surface area contributed by atoms with Crippen LogP contribution in [0.15, 0.2) is 42.5 Å². The van der Waals surface area contributed by atoms with E-state index >= 15 is 0 Å². The Labute approximate surface area is 156 Å². The van der Waals surface area contributed by atoms with Gasteiger partial charge < -0.3 is 24.8 Å². The van der Waals surface area contributed by atoms with Crippen LogP contribution in [0.3, 0.4) is 0 Å². The summed E-state index contributed by atoms with van der Waals surface area (Å²) in [6.07, 6.45) is 0. The standard InChI is InChI=1S/C18H19ClN2O5/c1-24-13-4-6-14(7-5-13)26-10-9-20-18(23)21-16-11-12(17(22)25-2)3-8-15(16)19/h3-8,11H,9-10H2,1-2H3,(H2,20,21,23). The summed E-state index contributed by atoms with van der Waals surface area (Å²) in [5.74, 6) is 0.890. The highest BCUT2D eigenvalue weighted by Gasteiger charge is 2.11. The number of carbonyl (C=O) groups excluding carboxylic acids is 2. The molecule has 2 N–H and O–H groups in total. The van der Waals surface area contributed by atoms with Gasteiger partial charge in [-0.15, -0.1) is 0 Å². The average molecular weight is 379 g/mol. The molecule has 2 amide bonds. The van der Waals surface area contributed by atoms with E-state index in [2.05, 4.69) is 15.4 Å². The first-order chi connectivity index (χ1) is 12.5. The topological polar surface area (TPSA) is 85.9 Å². The van der Waals surface area contributed by atoms with Gasteiger partial charge in [0.1, 0.15) is 18.1 Å². The van der Waals surface area contributed by atoms with Gasteiger partial charge in [0, 0.05) is 0 Å². The maximum absolute atomic E-state index is 11.9. The van der Waals surface area contributed by atoms with Crippen LogP contribution in [0.2, 0.25) is 5.02 Å². The Morgan fingerprint density at radius 1 is 1.04 bits per heavy atom. The van der Waals surface area contributed by atoms with Gasteiger partial charge in [-0.05, 0) is 42.5 Å². The molecule has 8 heteroatoms. The van der Waals surface area contributed by atoms with E-state index < -0.39 is 12.0 Å². The van der Waals surface area contributed by atoms with E-state index in [-0.39, 0.29) is 18.7 Å². The molecule has 0 radical (unpaired) electrons. The molecule has 0 unspecified atom stereocenters. The van der Waals surface area contributed by atoms with Crippen LogP contribution < -0.4 is 20.1 Å². The van der Waals surface area contributed by atoms with Crippen LogP contribution in [0.5, 0.6) is 11.5 Å². The van der Waals surface area contributed by atoms with Crippen molar-refractivity contribution in [1.29, 1.82) is 0 Å². The van der Waals surface area contributed by atoms with Crippen molar-refractivity contribution in [3.8, 4) is 11.5 Å². The Balaban J connectivity index is 1.80. The SMILES string of the molecule is COC(=O)c1ccc(Cl)c(NC(=O)NCCOc2ccc(OC)cc2)c1. The highest BCUT2D eigenvalue weighted by Crippen LogP contribution is 2.23. The molecular formula is C18H19ClN2O5. The first-order valence-electron chi connectivity index (χ1n) is 7.73. The lowest BCUT2D eigenvalue weighted by atomic mass is 10.2. The van der Waals surface area contributed by atoms with Crippen molar-refractivity contribution in [3.63, 3.8) is 0 Å². The molecule has 0 spiro atoms. The molecule has 2 aromatic carbocycles. The van der Waals surface area contributed by atoms with Gasteiger partial charge in [0.2, 0.25) is 0 Å². The first kappa shape index (κ1) is 19.4. The van der Waals surface area contributed by atoms with Crippen molar-refractivity contribution in [1.82, 2.24) is 5.32 Å². The minimum absolute atomic E-state index is 0.284. The number of urea groups is 1. The van der Waals surface area contributed by atoms with E-state index in [1.807, 2.05) is 0 Å². The molecule has 2 rings (SSSR count). The minimum atomic E-state index is -0.516.